The SMILES string of the molecule is CN1CCCC2(CCN(c3nccc(-c4cc(C(=O)O)ccn4)n3)C2)C1=O. The molecule has 27 heavy (non-hydrogen) atoms. The highest BCUT2D eigenvalue weighted by Gasteiger charge is 2.48. The molecule has 2 saturated heterocycles. The van der Waals surface area contributed by atoms with Crippen molar-refractivity contribution in [3.63, 3.8) is 0 Å². The smallest absolute Gasteiger partial charge is 0.335 e. The van der Waals surface area contributed by atoms with Crippen molar-refractivity contribution in [2.45, 2.75) is 19.3 Å². The molecule has 8 nitrogen and oxygen atoms in total. The average molecular weight is 367 g/mol. The van der Waals surface area contributed by atoms with Crippen LogP contribution in [0, 0.1) is 5.41 Å². The first kappa shape index (κ1) is 17.4. The number of rotatable bonds is 3. The monoisotopic (exact) mass is 367 g/mol. The maximum atomic E-state index is 12.7. The van der Waals surface area contributed by atoms with Crippen molar-refractivity contribution in [3.05, 3.63) is 36.2 Å². The summed E-state index contributed by atoms with van der Waals surface area (Å²) in [7, 11) is 1.87. The Balaban J connectivity index is 1.60. The number of carboxylic acid groups (broad SMARTS) is 1. The molecule has 0 aromatic carbocycles. The molecule has 4 rings (SSSR count). The Morgan fingerprint density at radius 2 is 1.96 bits per heavy atom. The van der Waals surface area contributed by atoms with Gasteiger partial charge in [-0.3, -0.25) is 9.78 Å². The number of nitrogens with zero attached hydrogens (tertiary/aromatic N) is 5. The zero-order valence-electron chi connectivity index (χ0n) is 15.1. The van der Waals surface area contributed by atoms with Gasteiger partial charge in [0.25, 0.3) is 0 Å². The van der Waals surface area contributed by atoms with Crippen molar-refractivity contribution in [2.75, 3.05) is 31.6 Å². The molecular formula is C19H21N5O3. The second kappa shape index (κ2) is 6.61. The minimum atomic E-state index is -1.01. The van der Waals surface area contributed by atoms with Gasteiger partial charge in [-0.25, -0.2) is 14.8 Å². The Morgan fingerprint density at radius 3 is 2.78 bits per heavy atom. The maximum absolute atomic E-state index is 12.7. The maximum Gasteiger partial charge on any atom is 0.335 e. The van der Waals surface area contributed by atoms with E-state index in [2.05, 4.69) is 15.0 Å². The second-order valence-corrected chi connectivity index (χ2v) is 7.26. The van der Waals surface area contributed by atoms with E-state index in [1.54, 1.807) is 12.3 Å². The molecule has 2 fully saturated rings. The van der Waals surface area contributed by atoms with Gasteiger partial charge in [-0.2, -0.15) is 0 Å². The Labute approximate surface area is 156 Å². The minimum absolute atomic E-state index is 0.163. The topological polar surface area (TPSA) is 99.5 Å². The number of carboxylic acids is 1. The minimum Gasteiger partial charge on any atom is -0.478 e. The summed E-state index contributed by atoms with van der Waals surface area (Å²) in [5.41, 5.74) is 0.876. The van der Waals surface area contributed by atoms with Crippen molar-refractivity contribution < 1.29 is 14.7 Å². The Kier molecular flexibility index (Phi) is 4.25. The molecule has 0 bridgehead atoms. The van der Waals surface area contributed by atoms with Gasteiger partial charge in [0.15, 0.2) is 0 Å². The van der Waals surface area contributed by atoms with Gasteiger partial charge < -0.3 is 14.9 Å². The first-order valence-corrected chi connectivity index (χ1v) is 9.02. The molecule has 4 heterocycles. The lowest BCUT2D eigenvalue weighted by molar-refractivity contribution is -0.143. The highest BCUT2D eigenvalue weighted by Crippen LogP contribution is 2.40. The summed E-state index contributed by atoms with van der Waals surface area (Å²) in [5, 5.41) is 9.17. The Morgan fingerprint density at radius 1 is 1.15 bits per heavy atom. The van der Waals surface area contributed by atoms with E-state index in [0.717, 1.165) is 32.4 Å². The number of carbonyl (C=O) groups excluding carboxylic acids is 1. The van der Waals surface area contributed by atoms with Crippen LogP contribution in [0.3, 0.4) is 0 Å². The largest absolute Gasteiger partial charge is 0.478 e. The van der Waals surface area contributed by atoms with E-state index in [1.165, 1.54) is 18.3 Å². The highest BCUT2D eigenvalue weighted by atomic mass is 16.4. The zero-order valence-corrected chi connectivity index (χ0v) is 15.1. The summed E-state index contributed by atoms with van der Waals surface area (Å²) in [5.74, 6) is -0.245. The number of anilines is 1. The van der Waals surface area contributed by atoms with E-state index >= 15 is 0 Å². The van der Waals surface area contributed by atoms with Crippen LogP contribution in [0.5, 0.6) is 0 Å². The third-order valence-corrected chi connectivity index (χ3v) is 5.50. The molecule has 0 saturated carbocycles. The summed E-state index contributed by atoms with van der Waals surface area (Å²) < 4.78 is 0. The molecule has 0 aliphatic carbocycles. The normalized spacial score (nSPS) is 22.5. The molecule has 2 aliphatic heterocycles. The highest BCUT2D eigenvalue weighted by molar-refractivity contribution is 5.88. The standard InChI is InChI=1S/C19H21N5O3/c1-23-9-2-5-19(17(23)27)6-10-24(12-19)18-21-8-4-14(22-18)15-11-13(16(25)26)3-7-20-15/h3-4,7-8,11H,2,5-6,9-10,12H2,1H3,(H,25,26). The zero-order chi connectivity index (χ0) is 19.0. The van der Waals surface area contributed by atoms with Crippen molar-refractivity contribution in [1.29, 1.82) is 0 Å². The molecule has 0 radical (unpaired) electrons. The molecule has 2 aliphatic rings. The van der Waals surface area contributed by atoms with Crippen molar-refractivity contribution in [3.8, 4) is 11.4 Å². The summed E-state index contributed by atoms with van der Waals surface area (Å²) in [4.78, 5) is 40.9. The molecule has 1 atom stereocenters. The molecule has 2 aromatic heterocycles. The van der Waals surface area contributed by atoms with Gasteiger partial charge in [0.2, 0.25) is 11.9 Å². The van der Waals surface area contributed by atoms with Gasteiger partial charge in [-0.15, -0.1) is 0 Å². The van der Waals surface area contributed by atoms with Crippen LogP contribution < -0.4 is 4.90 Å². The quantitative estimate of drug-likeness (QED) is 0.881. The predicted molar refractivity (Wildman–Crippen MR) is 98.4 cm³/mol. The third kappa shape index (κ3) is 3.11. The van der Waals surface area contributed by atoms with Crippen LogP contribution in [0.25, 0.3) is 11.4 Å². The van der Waals surface area contributed by atoms with Gasteiger partial charge in [-0.1, -0.05) is 0 Å². The molecular weight excluding hydrogens is 346 g/mol. The number of amides is 1. The van der Waals surface area contributed by atoms with E-state index in [-0.39, 0.29) is 16.9 Å². The second-order valence-electron chi connectivity index (χ2n) is 7.26. The summed E-state index contributed by atoms with van der Waals surface area (Å²) in [6, 6.07) is 4.66. The summed E-state index contributed by atoms with van der Waals surface area (Å²) in [6.45, 7) is 2.16. The van der Waals surface area contributed by atoms with Crippen LogP contribution in [-0.2, 0) is 4.79 Å². The Bertz CT molecular complexity index is 902. The van der Waals surface area contributed by atoms with Crippen LogP contribution in [0.4, 0.5) is 5.95 Å². The van der Waals surface area contributed by atoms with Gasteiger partial charge in [0.1, 0.15) is 0 Å². The van der Waals surface area contributed by atoms with Crippen molar-refractivity contribution in [1.82, 2.24) is 19.9 Å². The average Bonchev–Trinajstić information content (AvgIpc) is 3.11. The summed E-state index contributed by atoms with van der Waals surface area (Å²) in [6.07, 6.45) is 5.82. The number of piperidine rings is 1. The number of hydrogen-bond acceptors (Lipinski definition) is 6. The van der Waals surface area contributed by atoms with Gasteiger partial charge in [-0.05, 0) is 37.5 Å². The van der Waals surface area contributed by atoms with Gasteiger partial charge >= 0.3 is 5.97 Å². The number of pyridine rings is 1. The Hall–Kier alpha value is -3.03. The first-order valence-electron chi connectivity index (χ1n) is 9.02. The molecule has 2 aromatic rings. The lowest BCUT2D eigenvalue weighted by Crippen LogP contribution is -2.48. The predicted octanol–water partition coefficient (Wildman–Crippen LogP) is 1.69. The third-order valence-electron chi connectivity index (χ3n) is 5.50. The van der Waals surface area contributed by atoms with Crippen LogP contribution in [0.1, 0.15) is 29.6 Å². The lowest BCUT2D eigenvalue weighted by atomic mass is 9.78. The van der Waals surface area contributed by atoms with Crippen LogP contribution in [0.15, 0.2) is 30.6 Å². The fraction of sp³-hybridized carbons (Fsp3) is 0.421. The van der Waals surface area contributed by atoms with Crippen molar-refractivity contribution in [2.24, 2.45) is 5.41 Å². The van der Waals surface area contributed by atoms with Gasteiger partial charge in [0.05, 0.1) is 22.4 Å². The molecule has 140 valence electrons. The summed E-state index contributed by atoms with van der Waals surface area (Å²) >= 11 is 0. The van der Waals surface area contributed by atoms with E-state index in [9.17, 15) is 9.59 Å². The van der Waals surface area contributed by atoms with Crippen LogP contribution in [0.2, 0.25) is 0 Å². The van der Waals surface area contributed by atoms with E-state index in [1.807, 2.05) is 16.8 Å². The number of aromatic nitrogens is 3. The van der Waals surface area contributed by atoms with Crippen LogP contribution in [-0.4, -0.2) is 63.5 Å². The number of hydrogen-bond donors (Lipinski definition) is 1. The lowest BCUT2D eigenvalue weighted by Gasteiger charge is -2.37. The first-order chi connectivity index (χ1) is 13.0. The number of carbonyl (C=O) groups is 2. The fourth-order valence-electron chi connectivity index (χ4n) is 4.04. The molecule has 1 N–H and O–H groups in total. The molecule has 1 unspecified atom stereocenters. The fourth-order valence-corrected chi connectivity index (χ4v) is 4.04. The van der Waals surface area contributed by atoms with E-state index < -0.39 is 5.97 Å². The van der Waals surface area contributed by atoms with Crippen LogP contribution >= 0.6 is 0 Å². The molecule has 8 heteroatoms. The van der Waals surface area contributed by atoms with Gasteiger partial charge in [0, 0.05) is 39.1 Å². The number of aromatic carboxylic acids is 1. The number of likely N-dealkylation sites (tertiary alicyclic amines) is 1. The molecule has 1 spiro atoms. The van der Waals surface area contributed by atoms with E-state index in [4.69, 9.17) is 5.11 Å². The molecule has 1 amide bonds. The van der Waals surface area contributed by atoms with Crippen molar-refractivity contribution >= 4 is 17.8 Å². The van der Waals surface area contributed by atoms with E-state index in [0.29, 0.717) is 23.9 Å².